The molecule has 1 unspecified atom stereocenters. The van der Waals surface area contributed by atoms with Gasteiger partial charge in [-0.05, 0) is 84.6 Å². The maximum atomic E-state index is 13.6. The zero-order valence-corrected chi connectivity index (χ0v) is 20.7. The van der Waals surface area contributed by atoms with Crippen LogP contribution < -0.4 is 9.47 Å². The van der Waals surface area contributed by atoms with E-state index in [2.05, 4.69) is 10.1 Å². The summed E-state index contributed by atoms with van der Waals surface area (Å²) in [5, 5.41) is 15.9. The third-order valence-corrected chi connectivity index (χ3v) is 6.68. The summed E-state index contributed by atoms with van der Waals surface area (Å²) in [7, 11) is 3.24. The number of rotatable bonds is 7. The van der Waals surface area contributed by atoms with Gasteiger partial charge in [0, 0.05) is 24.2 Å². The van der Waals surface area contributed by atoms with Crippen LogP contribution in [0.5, 0.6) is 11.5 Å². The Morgan fingerprint density at radius 3 is 1.86 bits per heavy atom. The lowest BCUT2D eigenvalue weighted by molar-refractivity contribution is -0.00797. The van der Waals surface area contributed by atoms with Crippen LogP contribution in [-0.4, -0.2) is 58.3 Å². The van der Waals surface area contributed by atoms with Crippen LogP contribution in [0.3, 0.4) is 0 Å². The normalized spacial score (nSPS) is 14.6. The third kappa shape index (κ3) is 5.33. The molecule has 4 aromatic rings. The van der Waals surface area contributed by atoms with E-state index in [0.29, 0.717) is 47.4 Å². The molecule has 5 rings (SSSR count). The molecule has 0 amide bonds. The lowest BCUT2D eigenvalue weighted by atomic mass is 10.0. The first-order valence-electron chi connectivity index (χ1n) is 12.1. The van der Waals surface area contributed by atoms with Crippen molar-refractivity contribution in [3.63, 3.8) is 0 Å². The van der Waals surface area contributed by atoms with E-state index in [0.717, 1.165) is 12.8 Å². The summed E-state index contributed by atoms with van der Waals surface area (Å²) in [5.41, 5.74) is 3.64. The summed E-state index contributed by atoms with van der Waals surface area (Å²) >= 11 is 0. The fraction of sp³-hybridized carbons (Fsp3) is 0.286. The van der Waals surface area contributed by atoms with Crippen molar-refractivity contribution < 1.29 is 23.4 Å². The molecular formula is C28H28F2N4O3. The van der Waals surface area contributed by atoms with Crippen molar-refractivity contribution in [1.82, 2.24) is 19.7 Å². The predicted molar refractivity (Wildman–Crippen MR) is 135 cm³/mol. The van der Waals surface area contributed by atoms with Gasteiger partial charge in [-0.3, -0.25) is 4.90 Å². The zero-order chi connectivity index (χ0) is 25.9. The Morgan fingerprint density at radius 2 is 1.35 bits per heavy atom. The molecule has 0 fully saturated rings. The minimum Gasteiger partial charge on any atom is -0.493 e. The average Bonchev–Trinajstić information content (AvgIpc) is 3.20. The van der Waals surface area contributed by atoms with Crippen LogP contribution in [0.1, 0.15) is 11.1 Å². The molecule has 0 saturated heterocycles. The lowest BCUT2D eigenvalue weighted by Crippen LogP contribution is -2.40. The molecule has 37 heavy (non-hydrogen) atoms. The average molecular weight is 507 g/mol. The van der Waals surface area contributed by atoms with Crippen LogP contribution in [0.2, 0.25) is 0 Å². The number of hydrogen-bond acceptors (Lipinski definition) is 6. The van der Waals surface area contributed by atoms with E-state index >= 15 is 0 Å². The van der Waals surface area contributed by atoms with Gasteiger partial charge in [-0.2, -0.15) is 5.10 Å². The van der Waals surface area contributed by atoms with E-state index in [9.17, 15) is 13.9 Å². The number of aliphatic hydroxyl groups excluding tert-OH is 1. The topological polar surface area (TPSA) is 72.6 Å². The maximum absolute atomic E-state index is 13.6. The van der Waals surface area contributed by atoms with Crippen LogP contribution in [0.25, 0.3) is 22.8 Å². The number of benzene rings is 3. The Kier molecular flexibility index (Phi) is 7.16. The Bertz CT molecular complexity index is 1340. The molecule has 9 heteroatoms. The van der Waals surface area contributed by atoms with Crippen LogP contribution in [0, 0.1) is 11.6 Å². The van der Waals surface area contributed by atoms with Gasteiger partial charge in [0.25, 0.3) is 0 Å². The van der Waals surface area contributed by atoms with Crippen molar-refractivity contribution in [3.05, 3.63) is 83.4 Å². The monoisotopic (exact) mass is 506 g/mol. The molecule has 0 spiro atoms. The number of aromatic nitrogens is 3. The summed E-state index contributed by atoms with van der Waals surface area (Å²) in [4.78, 5) is 6.65. The van der Waals surface area contributed by atoms with Gasteiger partial charge in [0.05, 0.1) is 20.8 Å². The van der Waals surface area contributed by atoms with Crippen molar-refractivity contribution in [2.45, 2.75) is 25.6 Å². The summed E-state index contributed by atoms with van der Waals surface area (Å²) in [5.74, 6) is 1.56. The first-order chi connectivity index (χ1) is 17.9. The Balaban J connectivity index is 1.40. The standard InChI is InChI=1S/C28H28F2N4O3/c1-36-24-15-20-11-13-33(14-12-21(20)16-25(24)37-2)26(35)17-34-28(19-5-9-23(30)10-6-19)31-27(32-34)18-3-7-22(29)8-4-18/h3-10,15-16,26,35H,11-14,17H2,1-2H3. The summed E-state index contributed by atoms with van der Waals surface area (Å²) in [6.07, 6.45) is 0.658. The third-order valence-electron chi connectivity index (χ3n) is 6.68. The summed E-state index contributed by atoms with van der Waals surface area (Å²) < 4.78 is 39.6. The highest BCUT2D eigenvalue weighted by molar-refractivity contribution is 5.61. The van der Waals surface area contributed by atoms with Gasteiger partial charge in [-0.25, -0.2) is 18.4 Å². The molecule has 1 atom stereocenters. The molecular weight excluding hydrogens is 478 g/mol. The Hall–Kier alpha value is -3.82. The number of ether oxygens (including phenoxy) is 2. The molecule has 0 bridgehead atoms. The van der Waals surface area contributed by atoms with Crippen molar-refractivity contribution in [2.75, 3.05) is 27.3 Å². The van der Waals surface area contributed by atoms with Crippen molar-refractivity contribution in [3.8, 4) is 34.3 Å². The minimum atomic E-state index is -0.833. The first kappa shape index (κ1) is 24.9. The number of aliphatic hydroxyl groups is 1. The van der Waals surface area contributed by atoms with Gasteiger partial charge in [0.15, 0.2) is 23.1 Å². The number of halogens is 2. The zero-order valence-electron chi connectivity index (χ0n) is 20.7. The number of hydrogen-bond donors (Lipinski definition) is 1. The van der Waals surface area contributed by atoms with Crippen molar-refractivity contribution in [1.29, 1.82) is 0 Å². The Labute approximate surface area is 213 Å². The van der Waals surface area contributed by atoms with E-state index in [1.54, 1.807) is 43.2 Å². The van der Waals surface area contributed by atoms with E-state index < -0.39 is 6.23 Å². The van der Waals surface area contributed by atoms with E-state index in [4.69, 9.17) is 9.47 Å². The Morgan fingerprint density at radius 1 is 0.838 bits per heavy atom. The van der Waals surface area contributed by atoms with Gasteiger partial charge in [0.2, 0.25) is 0 Å². The fourth-order valence-corrected chi connectivity index (χ4v) is 4.64. The van der Waals surface area contributed by atoms with Gasteiger partial charge in [0.1, 0.15) is 17.9 Å². The van der Waals surface area contributed by atoms with Crippen LogP contribution in [0.15, 0.2) is 60.7 Å². The molecule has 7 nitrogen and oxygen atoms in total. The molecule has 0 saturated carbocycles. The second kappa shape index (κ2) is 10.7. The highest BCUT2D eigenvalue weighted by atomic mass is 19.1. The minimum absolute atomic E-state index is 0.157. The maximum Gasteiger partial charge on any atom is 0.181 e. The summed E-state index contributed by atoms with van der Waals surface area (Å²) in [6.45, 7) is 1.45. The van der Waals surface area contributed by atoms with Crippen LogP contribution in [0.4, 0.5) is 8.78 Å². The lowest BCUT2D eigenvalue weighted by Gasteiger charge is -2.26. The second-order valence-corrected chi connectivity index (χ2v) is 8.95. The van der Waals surface area contributed by atoms with E-state index in [-0.39, 0.29) is 18.2 Å². The molecule has 1 N–H and O–H groups in total. The fourth-order valence-electron chi connectivity index (χ4n) is 4.64. The largest absolute Gasteiger partial charge is 0.493 e. The van der Waals surface area contributed by atoms with Gasteiger partial charge in [-0.1, -0.05) is 0 Å². The van der Waals surface area contributed by atoms with Crippen LogP contribution in [-0.2, 0) is 19.4 Å². The molecule has 0 radical (unpaired) electrons. The van der Waals surface area contributed by atoms with Gasteiger partial charge < -0.3 is 14.6 Å². The molecule has 3 aromatic carbocycles. The van der Waals surface area contributed by atoms with Gasteiger partial charge in [-0.15, -0.1) is 0 Å². The summed E-state index contributed by atoms with van der Waals surface area (Å²) in [6, 6.07) is 15.9. The first-order valence-corrected chi connectivity index (χ1v) is 12.1. The van der Waals surface area contributed by atoms with Gasteiger partial charge >= 0.3 is 0 Å². The van der Waals surface area contributed by atoms with Crippen molar-refractivity contribution in [2.24, 2.45) is 0 Å². The SMILES string of the molecule is COc1cc2c(cc1OC)CCN(C(O)Cn1nc(-c3ccc(F)cc3)nc1-c1ccc(F)cc1)CC2. The smallest absolute Gasteiger partial charge is 0.181 e. The second-order valence-electron chi connectivity index (χ2n) is 8.95. The van der Waals surface area contributed by atoms with Crippen LogP contribution >= 0.6 is 0 Å². The molecule has 0 aliphatic carbocycles. The quantitative estimate of drug-likeness (QED) is 0.403. The van der Waals surface area contributed by atoms with E-state index in [1.165, 1.54) is 35.4 Å². The molecule has 1 aliphatic heterocycles. The van der Waals surface area contributed by atoms with Crippen molar-refractivity contribution >= 4 is 0 Å². The molecule has 1 aromatic heterocycles. The highest BCUT2D eigenvalue weighted by Gasteiger charge is 2.24. The predicted octanol–water partition coefficient (Wildman–Crippen LogP) is 4.33. The number of methoxy groups -OCH3 is 2. The number of nitrogens with zero attached hydrogens (tertiary/aromatic N) is 4. The molecule has 1 aliphatic rings. The molecule has 2 heterocycles. The van der Waals surface area contributed by atoms with E-state index in [1.807, 2.05) is 17.0 Å². The molecule has 192 valence electrons. The highest BCUT2D eigenvalue weighted by Crippen LogP contribution is 2.32. The number of fused-ring (bicyclic) bond motifs is 1.